The van der Waals surface area contributed by atoms with Crippen LogP contribution < -0.4 is 5.73 Å². The van der Waals surface area contributed by atoms with Crippen molar-refractivity contribution in [2.45, 2.75) is 26.7 Å². The van der Waals surface area contributed by atoms with E-state index in [4.69, 9.17) is 5.73 Å². The molecule has 1 aromatic rings. The van der Waals surface area contributed by atoms with E-state index in [1.807, 2.05) is 12.3 Å². The number of rotatable bonds is 2. The average Bonchev–Trinajstić information content (AvgIpc) is 2.04. The zero-order valence-electron chi connectivity index (χ0n) is 7.09. The third-order valence-electron chi connectivity index (χ3n) is 1.87. The topological polar surface area (TPSA) is 38.9 Å². The van der Waals surface area contributed by atoms with Crippen molar-refractivity contribution in [2.75, 3.05) is 5.73 Å². The Morgan fingerprint density at radius 2 is 1.91 bits per heavy atom. The predicted octanol–water partition coefficient (Wildman–Crippen LogP) is 1.79. The molecule has 0 amide bonds. The Morgan fingerprint density at radius 1 is 1.27 bits per heavy atom. The Hall–Kier alpha value is -1.05. The number of hydrogen-bond acceptors (Lipinski definition) is 2. The molecule has 0 aliphatic heterocycles. The fourth-order valence-corrected chi connectivity index (χ4v) is 1.19. The van der Waals surface area contributed by atoms with Gasteiger partial charge in [-0.05, 0) is 30.0 Å². The fourth-order valence-electron chi connectivity index (χ4n) is 1.19. The number of nitrogens with two attached hydrogens (primary N) is 1. The maximum Gasteiger partial charge on any atom is 0.123 e. The number of aryl methyl sites for hydroxylation is 2. The highest BCUT2D eigenvalue weighted by Gasteiger charge is 1.98. The average molecular weight is 150 g/mol. The van der Waals surface area contributed by atoms with Crippen molar-refractivity contribution in [1.82, 2.24) is 4.98 Å². The summed E-state index contributed by atoms with van der Waals surface area (Å²) in [6.07, 6.45) is 3.94. The second-order valence-corrected chi connectivity index (χ2v) is 2.58. The van der Waals surface area contributed by atoms with Crippen molar-refractivity contribution in [3.63, 3.8) is 0 Å². The van der Waals surface area contributed by atoms with Gasteiger partial charge in [-0.15, -0.1) is 0 Å². The summed E-state index contributed by atoms with van der Waals surface area (Å²) < 4.78 is 0. The van der Waals surface area contributed by atoms with E-state index >= 15 is 0 Å². The number of aromatic nitrogens is 1. The maximum atomic E-state index is 5.55. The summed E-state index contributed by atoms with van der Waals surface area (Å²) in [4.78, 5) is 4.04. The van der Waals surface area contributed by atoms with Crippen molar-refractivity contribution in [1.29, 1.82) is 0 Å². The molecule has 0 atom stereocenters. The van der Waals surface area contributed by atoms with Crippen LogP contribution in [0.4, 0.5) is 5.82 Å². The van der Waals surface area contributed by atoms with E-state index in [9.17, 15) is 0 Å². The summed E-state index contributed by atoms with van der Waals surface area (Å²) in [6, 6.07) is 1.96. The molecule has 0 saturated heterocycles. The quantitative estimate of drug-likeness (QED) is 0.698. The molecule has 0 aromatic carbocycles. The number of pyridine rings is 1. The molecule has 0 bridgehead atoms. The summed E-state index contributed by atoms with van der Waals surface area (Å²) in [5, 5.41) is 0. The first-order valence-corrected chi connectivity index (χ1v) is 4.01. The van der Waals surface area contributed by atoms with Crippen LogP contribution in [-0.4, -0.2) is 4.98 Å². The van der Waals surface area contributed by atoms with Crippen molar-refractivity contribution in [3.8, 4) is 0 Å². The van der Waals surface area contributed by atoms with Crippen molar-refractivity contribution < 1.29 is 0 Å². The smallest absolute Gasteiger partial charge is 0.123 e. The standard InChI is InChI=1S/C9H14N2/c1-3-7-5-9(10)11-6-8(7)4-2/h5-6H,3-4H2,1-2H3,(H2,10,11). The van der Waals surface area contributed by atoms with Crippen LogP contribution in [-0.2, 0) is 12.8 Å². The van der Waals surface area contributed by atoms with Gasteiger partial charge in [-0.1, -0.05) is 13.8 Å². The zero-order chi connectivity index (χ0) is 8.27. The number of nitrogens with zero attached hydrogens (tertiary/aromatic N) is 1. The molecule has 1 rings (SSSR count). The summed E-state index contributed by atoms with van der Waals surface area (Å²) in [5.41, 5.74) is 8.17. The van der Waals surface area contributed by atoms with Gasteiger partial charge in [0.15, 0.2) is 0 Å². The highest BCUT2D eigenvalue weighted by Crippen LogP contribution is 2.11. The molecule has 2 N–H and O–H groups in total. The SMILES string of the molecule is CCc1cnc(N)cc1CC. The minimum absolute atomic E-state index is 0.624. The van der Waals surface area contributed by atoms with Gasteiger partial charge in [0.1, 0.15) is 5.82 Å². The molecule has 0 unspecified atom stereocenters. The van der Waals surface area contributed by atoms with Crippen molar-refractivity contribution >= 4 is 5.82 Å². The van der Waals surface area contributed by atoms with Gasteiger partial charge in [0.05, 0.1) is 0 Å². The minimum Gasteiger partial charge on any atom is -0.384 e. The lowest BCUT2D eigenvalue weighted by Gasteiger charge is -2.04. The highest BCUT2D eigenvalue weighted by molar-refractivity contribution is 5.36. The lowest BCUT2D eigenvalue weighted by molar-refractivity contribution is 1.02. The summed E-state index contributed by atoms with van der Waals surface area (Å²) in [5.74, 6) is 0.624. The Bertz CT molecular complexity index is 243. The highest BCUT2D eigenvalue weighted by atomic mass is 14.8. The van der Waals surface area contributed by atoms with Gasteiger partial charge in [0.2, 0.25) is 0 Å². The van der Waals surface area contributed by atoms with Crippen LogP contribution in [0.25, 0.3) is 0 Å². The van der Waals surface area contributed by atoms with Crippen LogP contribution in [0.5, 0.6) is 0 Å². The molecule has 1 heterocycles. The predicted molar refractivity (Wildman–Crippen MR) is 47.4 cm³/mol. The van der Waals surface area contributed by atoms with E-state index in [2.05, 4.69) is 18.8 Å². The van der Waals surface area contributed by atoms with Crippen LogP contribution in [0.2, 0.25) is 0 Å². The largest absolute Gasteiger partial charge is 0.384 e. The number of nitrogen functional groups attached to an aromatic ring is 1. The van der Waals surface area contributed by atoms with E-state index in [0.29, 0.717) is 5.82 Å². The molecule has 0 spiro atoms. The second-order valence-electron chi connectivity index (χ2n) is 2.58. The number of hydrogen-bond donors (Lipinski definition) is 1. The van der Waals surface area contributed by atoms with Gasteiger partial charge < -0.3 is 5.73 Å². The van der Waals surface area contributed by atoms with Crippen LogP contribution in [0.3, 0.4) is 0 Å². The molecule has 60 valence electrons. The molecule has 0 saturated carbocycles. The molecule has 0 radical (unpaired) electrons. The molecular weight excluding hydrogens is 136 g/mol. The van der Waals surface area contributed by atoms with Gasteiger partial charge in [-0.3, -0.25) is 0 Å². The van der Waals surface area contributed by atoms with Gasteiger partial charge in [0.25, 0.3) is 0 Å². The molecule has 0 aliphatic rings. The summed E-state index contributed by atoms with van der Waals surface area (Å²) in [6.45, 7) is 4.26. The normalized spacial score (nSPS) is 10.0. The Labute approximate surface area is 67.5 Å². The lowest BCUT2D eigenvalue weighted by atomic mass is 10.1. The Morgan fingerprint density at radius 3 is 2.45 bits per heavy atom. The van der Waals surface area contributed by atoms with Crippen molar-refractivity contribution in [3.05, 3.63) is 23.4 Å². The van der Waals surface area contributed by atoms with E-state index in [0.717, 1.165) is 12.8 Å². The molecule has 0 fully saturated rings. The molecule has 1 aromatic heterocycles. The molecule has 2 nitrogen and oxygen atoms in total. The van der Waals surface area contributed by atoms with Gasteiger partial charge in [-0.2, -0.15) is 0 Å². The molecule has 0 aliphatic carbocycles. The van der Waals surface area contributed by atoms with Gasteiger partial charge in [-0.25, -0.2) is 4.98 Å². The minimum atomic E-state index is 0.624. The van der Waals surface area contributed by atoms with E-state index in [-0.39, 0.29) is 0 Å². The van der Waals surface area contributed by atoms with E-state index in [1.54, 1.807) is 0 Å². The fraction of sp³-hybridized carbons (Fsp3) is 0.444. The molecular formula is C9H14N2. The first kappa shape index (κ1) is 8.05. The first-order chi connectivity index (χ1) is 5.27. The van der Waals surface area contributed by atoms with Gasteiger partial charge >= 0.3 is 0 Å². The zero-order valence-corrected chi connectivity index (χ0v) is 7.09. The van der Waals surface area contributed by atoms with E-state index < -0.39 is 0 Å². The summed E-state index contributed by atoms with van der Waals surface area (Å²) >= 11 is 0. The molecule has 2 heteroatoms. The Kier molecular flexibility index (Phi) is 2.47. The third-order valence-corrected chi connectivity index (χ3v) is 1.87. The van der Waals surface area contributed by atoms with Gasteiger partial charge in [0, 0.05) is 6.20 Å². The maximum absolute atomic E-state index is 5.55. The molecule has 11 heavy (non-hydrogen) atoms. The van der Waals surface area contributed by atoms with Crippen LogP contribution >= 0.6 is 0 Å². The van der Waals surface area contributed by atoms with E-state index in [1.165, 1.54) is 11.1 Å². The van der Waals surface area contributed by atoms with Crippen molar-refractivity contribution in [2.24, 2.45) is 0 Å². The summed E-state index contributed by atoms with van der Waals surface area (Å²) in [7, 11) is 0. The number of anilines is 1. The van der Waals surface area contributed by atoms with Crippen LogP contribution in [0.1, 0.15) is 25.0 Å². The Balaban J connectivity index is 3.06. The van der Waals surface area contributed by atoms with Crippen LogP contribution in [0, 0.1) is 0 Å². The van der Waals surface area contributed by atoms with Crippen LogP contribution in [0.15, 0.2) is 12.3 Å². The lowest BCUT2D eigenvalue weighted by Crippen LogP contribution is -1.96. The third kappa shape index (κ3) is 1.70. The first-order valence-electron chi connectivity index (χ1n) is 4.01. The second kappa shape index (κ2) is 3.37. The monoisotopic (exact) mass is 150 g/mol.